The lowest BCUT2D eigenvalue weighted by atomic mass is 9.95. The molecule has 2 heterocycles. The quantitative estimate of drug-likeness (QED) is 0.595. The van der Waals surface area contributed by atoms with Gasteiger partial charge < -0.3 is 10.1 Å². The molecule has 3 nitrogen and oxygen atoms in total. The zero-order valence-corrected chi connectivity index (χ0v) is 8.42. The molecule has 0 bridgehead atoms. The van der Waals surface area contributed by atoms with Gasteiger partial charge in [0.2, 0.25) is 0 Å². The van der Waals surface area contributed by atoms with Crippen molar-refractivity contribution in [2.75, 3.05) is 6.54 Å². The number of hydrogen-bond donors (Lipinski definition) is 1. The maximum absolute atomic E-state index is 10.5. The van der Waals surface area contributed by atoms with Crippen LogP contribution in [0.5, 0.6) is 0 Å². The normalized spacial score (nSPS) is 20.2. The van der Waals surface area contributed by atoms with Gasteiger partial charge in [0, 0.05) is 18.7 Å². The summed E-state index contributed by atoms with van der Waals surface area (Å²) in [5.74, 6) is 0. The number of carbonyl (C=O) groups is 1. The van der Waals surface area contributed by atoms with Crippen LogP contribution in [0.2, 0.25) is 5.15 Å². The van der Waals surface area contributed by atoms with Crippen LogP contribution in [-0.2, 0) is 11.2 Å². The average Bonchev–Trinajstić information content (AvgIpc) is 2.20. The monoisotopic (exact) mass is 210 g/mol. The van der Waals surface area contributed by atoms with Crippen molar-refractivity contribution in [2.24, 2.45) is 0 Å². The van der Waals surface area contributed by atoms with Crippen molar-refractivity contribution in [1.82, 2.24) is 10.3 Å². The van der Waals surface area contributed by atoms with Crippen molar-refractivity contribution in [1.29, 1.82) is 0 Å². The molecule has 0 spiro atoms. The molecule has 2 rings (SSSR count). The molecular weight excluding hydrogens is 200 g/mol. The highest BCUT2D eigenvalue weighted by atomic mass is 35.5. The summed E-state index contributed by atoms with van der Waals surface area (Å²) in [6, 6.07) is 2.04. The molecule has 0 radical (unpaired) electrons. The molecule has 74 valence electrons. The van der Waals surface area contributed by atoms with Gasteiger partial charge >= 0.3 is 0 Å². The fourth-order valence-corrected chi connectivity index (χ4v) is 2.10. The van der Waals surface area contributed by atoms with Crippen LogP contribution in [0.3, 0.4) is 0 Å². The van der Waals surface area contributed by atoms with Gasteiger partial charge in [0.15, 0.2) is 0 Å². The van der Waals surface area contributed by atoms with E-state index in [1.54, 1.807) is 6.20 Å². The van der Waals surface area contributed by atoms with Crippen LogP contribution in [0.4, 0.5) is 0 Å². The maximum atomic E-state index is 10.5. The van der Waals surface area contributed by atoms with E-state index in [9.17, 15) is 4.79 Å². The van der Waals surface area contributed by atoms with E-state index in [0.29, 0.717) is 11.6 Å². The molecule has 1 aliphatic rings. The van der Waals surface area contributed by atoms with Gasteiger partial charge in [0.25, 0.3) is 0 Å². The topological polar surface area (TPSA) is 42.0 Å². The summed E-state index contributed by atoms with van der Waals surface area (Å²) in [6.45, 7) is 0.858. The van der Waals surface area contributed by atoms with Gasteiger partial charge in [-0.15, -0.1) is 0 Å². The summed E-state index contributed by atoms with van der Waals surface area (Å²) in [5.41, 5.74) is 2.20. The zero-order chi connectivity index (χ0) is 9.97. The second-order valence-electron chi connectivity index (χ2n) is 3.33. The number of nitrogens with zero attached hydrogens (tertiary/aromatic N) is 1. The molecule has 1 aliphatic heterocycles. The number of pyridine rings is 1. The van der Waals surface area contributed by atoms with E-state index < -0.39 is 0 Å². The van der Waals surface area contributed by atoms with Gasteiger partial charge in [-0.05, 0) is 30.2 Å². The van der Waals surface area contributed by atoms with Gasteiger partial charge in [-0.3, -0.25) is 0 Å². The smallest absolute Gasteiger partial charge is 0.132 e. The summed E-state index contributed by atoms with van der Waals surface area (Å²) in [7, 11) is 0. The van der Waals surface area contributed by atoms with Crippen molar-refractivity contribution >= 4 is 17.9 Å². The lowest BCUT2D eigenvalue weighted by Gasteiger charge is -2.25. The summed E-state index contributed by atoms with van der Waals surface area (Å²) in [5, 5.41) is 3.86. The van der Waals surface area contributed by atoms with Crippen LogP contribution in [0, 0.1) is 0 Å². The lowest BCUT2D eigenvalue weighted by molar-refractivity contribution is -0.108. The molecule has 0 amide bonds. The Balaban J connectivity index is 2.39. The number of aldehydes is 1. The van der Waals surface area contributed by atoms with Crippen molar-refractivity contribution in [3.63, 3.8) is 0 Å². The highest BCUT2D eigenvalue weighted by molar-refractivity contribution is 6.30. The Morgan fingerprint density at radius 1 is 1.71 bits per heavy atom. The summed E-state index contributed by atoms with van der Waals surface area (Å²) in [4.78, 5) is 14.5. The second kappa shape index (κ2) is 4.07. The first kappa shape index (κ1) is 9.62. The first-order valence-electron chi connectivity index (χ1n) is 4.63. The number of hydrogen-bond acceptors (Lipinski definition) is 3. The predicted octanol–water partition coefficient (Wildman–Crippen LogP) is 1.51. The van der Waals surface area contributed by atoms with Crippen molar-refractivity contribution < 1.29 is 4.79 Å². The Morgan fingerprint density at radius 3 is 3.36 bits per heavy atom. The molecule has 4 heteroatoms. The Hall–Kier alpha value is -0.930. The third kappa shape index (κ3) is 1.65. The van der Waals surface area contributed by atoms with Crippen LogP contribution in [0.25, 0.3) is 0 Å². The van der Waals surface area contributed by atoms with E-state index in [1.165, 1.54) is 0 Å². The molecule has 14 heavy (non-hydrogen) atoms. The van der Waals surface area contributed by atoms with Crippen LogP contribution in [0.15, 0.2) is 12.3 Å². The van der Waals surface area contributed by atoms with E-state index in [2.05, 4.69) is 10.3 Å². The van der Waals surface area contributed by atoms with E-state index in [1.807, 2.05) is 6.07 Å². The standard InChI is InChI=1S/C10H11ClN2O/c11-10-8-2-4-12-9(3-6-14)7(8)1-5-13-10/h1,5-6,9,12H,2-4H2. The fraction of sp³-hybridized carbons (Fsp3) is 0.400. The van der Waals surface area contributed by atoms with E-state index in [0.717, 1.165) is 30.4 Å². The van der Waals surface area contributed by atoms with Crippen molar-refractivity contribution in [3.05, 3.63) is 28.5 Å². The molecule has 0 fully saturated rings. The van der Waals surface area contributed by atoms with Gasteiger partial charge in [-0.2, -0.15) is 0 Å². The maximum Gasteiger partial charge on any atom is 0.132 e. The molecule has 1 atom stereocenters. The number of halogens is 1. The minimum absolute atomic E-state index is 0.108. The predicted molar refractivity (Wildman–Crippen MR) is 54.4 cm³/mol. The third-order valence-electron chi connectivity index (χ3n) is 2.51. The first-order valence-corrected chi connectivity index (χ1v) is 5.01. The SMILES string of the molecule is O=CCC1NCCc2c1ccnc2Cl. The van der Waals surface area contributed by atoms with Crippen LogP contribution >= 0.6 is 11.6 Å². The molecule has 1 aromatic rings. The van der Waals surface area contributed by atoms with E-state index >= 15 is 0 Å². The second-order valence-corrected chi connectivity index (χ2v) is 3.69. The first-order chi connectivity index (χ1) is 6.83. The minimum Gasteiger partial charge on any atom is -0.309 e. The molecule has 0 saturated carbocycles. The Bertz CT molecular complexity index is 354. The molecule has 0 saturated heterocycles. The van der Waals surface area contributed by atoms with Gasteiger partial charge in [0.1, 0.15) is 11.4 Å². The number of nitrogens with one attached hydrogen (secondary N) is 1. The summed E-state index contributed by atoms with van der Waals surface area (Å²) < 4.78 is 0. The number of fused-ring (bicyclic) bond motifs is 1. The van der Waals surface area contributed by atoms with E-state index in [4.69, 9.17) is 11.6 Å². The number of carbonyl (C=O) groups excluding carboxylic acids is 1. The Kier molecular flexibility index (Phi) is 2.79. The minimum atomic E-state index is 0.108. The van der Waals surface area contributed by atoms with Crippen LogP contribution in [0.1, 0.15) is 23.6 Å². The fourth-order valence-electron chi connectivity index (χ4n) is 1.84. The third-order valence-corrected chi connectivity index (χ3v) is 2.84. The van der Waals surface area contributed by atoms with Crippen molar-refractivity contribution in [3.8, 4) is 0 Å². The molecule has 1 unspecified atom stereocenters. The highest BCUT2D eigenvalue weighted by Gasteiger charge is 2.21. The molecule has 1 aromatic heterocycles. The van der Waals surface area contributed by atoms with Gasteiger partial charge in [-0.25, -0.2) is 4.98 Å². The van der Waals surface area contributed by atoms with Crippen LogP contribution < -0.4 is 5.32 Å². The largest absolute Gasteiger partial charge is 0.309 e. The summed E-state index contributed by atoms with van der Waals surface area (Å²) >= 11 is 5.98. The summed E-state index contributed by atoms with van der Waals surface area (Å²) in [6.07, 6.45) is 4.00. The molecule has 0 aromatic carbocycles. The zero-order valence-electron chi connectivity index (χ0n) is 7.66. The lowest BCUT2D eigenvalue weighted by Crippen LogP contribution is -2.30. The molecule has 0 aliphatic carbocycles. The van der Waals surface area contributed by atoms with Gasteiger partial charge in [0.05, 0.1) is 0 Å². The number of rotatable bonds is 2. The average molecular weight is 211 g/mol. The van der Waals surface area contributed by atoms with E-state index in [-0.39, 0.29) is 6.04 Å². The van der Waals surface area contributed by atoms with Gasteiger partial charge in [-0.1, -0.05) is 11.6 Å². The van der Waals surface area contributed by atoms with Crippen molar-refractivity contribution in [2.45, 2.75) is 18.9 Å². The highest BCUT2D eigenvalue weighted by Crippen LogP contribution is 2.28. The molecular formula is C10H11ClN2O. The Morgan fingerprint density at radius 2 is 2.57 bits per heavy atom. The number of aromatic nitrogens is 1. The van der Waals surface area contributed by atoms with Crippen LogP contribution in [-0.4, -0.2) is 17.8 Å². The Labute approximate surface area is 87.5 Å². The molecule has 1 N–H and O–H groups in total.